The number of esters is 1. The van der Waals surface area contributed by atoms with Crippen molar-refractivity contribution in [1.29, 1.82) is 0 Å². The van der Waals surface area contributed by atoms with Crippen LogP contribution < -0.4 is 9.64 Å². The summed E-state index contributed by atoms with van der Waals surface area (Å²) >= 11 is 0. The van der Waals surface area contributed by atoms with Gasteiger partial charge in [0, 0.05) is 33.4 Å². The summed E-state index contributed by atoms with van der Waals surface area (Å²) < 4.78 is 33.7. The first-order chi connectivity index (χ1) is 13.3. The standard InChI is InChI=1S/C20H22F2N2O4/c1-23(2)16-9-7-14(8-10-16)12-24(3)18(25)13-27-19(26)15-5-4-6-17(11-15)28-20(21)22/h4-11,20H,12-13H2,1-3H3. The lowest BCUT2D eigenvalue weighted by atomic mass is 10.2. The minimum absolute atomic E-state index is 0.0212. The Hall–Kier alpha value is -3.16. The topological polar surface area (TPSA) is 59.1 Å². The lowest BCUT2D eigenvalue weighted by Gasteiger charge is -2.18. The van der Waals surface area contributed by atoms with Crippen LogP contribution in [0.2, 0.25) is 0 Å². The van der Waals surface area contributed by atoms with E-state index < -0.39 is 19.2 Å². The third-order valence-corrected chi connectivity index (χ3v) is 3.92. The molecule has 0 aliphatic rings. The molecule has 0 fully saturated rings. The lowest BCUT2D eigenvalue weighted by molar-refractivity contribution is -0.133. The highest BCUT2D eigenvalue weighted by atomic mass is 19.3. The van der Waals surface area contributed by atoms with E-state index >= 15 is 0 Å². The van der Waals surface area contributed by atoms with Crippen molar-refractivity contribution in [3.05, 3.63) is 59.7 Å². The van der Waals surface area contributed by atoms with Crippen molar-refractivity contribution in [2.24, 2.45) is 0 Å². The van der Waals surface area contributed by atoms with E-state index in [1.807, 2.05) is 43.3 Å². The van der Waals surface area contributed by atoms with E-state index in [0.29, 0.717) is 6.54 Å². The number of hydrogen-bond donors (Lipinski definition) is 0. The Morgan fingerprint density at radius 2 is 1.71 bits per heavy atom. The van der Waals surface area contributed by atoms with Gasteiger partial charge in [0.25, 0.3) is 5.91 Å². The number of ether oxygens (including phenoxy) is 2. The van der Waals surface area contributed by atoms with Gasteiger partial charge < -0.3 is 19.3 Å². The zero-order valence-corrected chi connectivity index (χ0v) is 15.9. The second-order valence-corrected chi connectivity index (χ2v) is 6.29. The van der Waals surface area contributed by atoms with Crippen molar-refractivity contribution >= 4 is 17.6 Å². The molecule has 0 atom stereocenters. The molecule has 0 heterocycles. The molecule has 8 heteroatoms. The number of likely N-dealkylation sites (N-methyl/N-ethyl adjacent to an activating group) is 1. The van der Waals surface area contributed by atoms with Crippen molar-refractivity contribution in [3.8, 4) is 5.75 Å². The maximum absolute atomic E-state index is 12.2. The molecule has 0 aliphatic heterocycles. The van der Waals surface area contributed by atoms with Crippen molar-refractivity contribution in [3.63, 3.8) is 0 Å². The number of benzene rings is 2. The number of carbonyl (C=O) groups is 2. The SMILES string of the molecule is CN(Cc1ccc(N(C)C)cc1)C(=O)COC(=O)c1cccc(OC(F)F)c1. The number of alkyl halides is 2. The highest BCUT2D eigenvalue weighted by Crippen LogP contribution is 2.17. The number of carbonyl (C=O) groups excluding carboxylic acids is 2. The summed E-state index contributed by atoms with van der Waals surface area (Å²) in [6.45, 7) is -3.08. The second-order valence-electron chi connectivity index (χ2n) is 6.29. The van der Waals surface area contributed by atoms with E-state index in [4.69, 9.17) is 4.74 Å². The van der Waals surface area contributed by atoms with Crippen molar-refractivity contribution in [2.75, 3.05) is 32.6 Å². The molecule has 0 unspecified atom stereocenters. The van der Waals surface area contributed by atoms with Gasteiger partial charge in [-0.2, -0.15) is 8.78 Å². The van der Waals surface area contributed by atoms with Gasteiger partial charge in [-0.15, -0.1) is 0 Å². The van der Waals surface area contributed by atoms with Crippen LogP contribution >= 0.6 is 0 Å². The third-order valence-electron chi connectivity index (χ3n) is 3.92. The van der Waals surface area contributed by atoms with Gasteiger partial charge >= 0.3 is 12.6 Å². The highest BCUT2D eigenvalue weighted by Gasteiger charge is 2.15. The van der Waals surface area contributed by atoms with E-state index in [0.717, 1.165) is 17.3 Å². The molecule has 0 radical (unpaired) electrons. The normalized spacial score (nSPS) is 10.5. The summed E-state index contributed by atoms with van der Waals surface area (Å²) in [5.41, 5.74) is 2.00. The smallest absolute Gasteiger partial charge is 0.387 e. The van der Waals surface area contributed by atoms with E-state index in [1.54, 1.807) is 7.05 Å². The average molecular weight is 392 g/mol. The summed E-state index contributed by atoms with van der Waals surface area (Å²) in [4.78, 5) is 27.6. The molecule has 150 valence electrons. The summed E-state index contributed by atoms with van der Waals surface area (Å²) in [5, 5.41) is 0. The maximum atomic E-state index is 12.2. The lowest BCUT2D eigenvalue weighted by Crippen LogP contribution is -2.30. The number of rotatable bonds is 8. The molecule has 28 heavy (non-hydrogen) atoms. The Morgan fingerprint density at radius 1 is 1.04 bits per heavy atom. The van der Waals surface area contributed by atoms with Gasteiger partial charge in [0.05, 0.1) is 5.56 Å². The first-order valence-corrected chi connectivity index (χ1v) is 8.48. The molecule has 0 spiro atoms. The molecule has 1 amide bonds. The molecule has 2 aromatic carbocycles. The van der Waals surface area contributed by atoms with Crippen LogP contribution in [0.1, 0.15) is 15.9 Å². The van der Waals surface area contributed by atoms with Crippen molar-refractivity contribution in [1.82, 2.24) is 4.90 Å². The van der Waals surface area contributed by atoms with Gasteiger partial charge in [0.1, 0.15) is 5.75 Å². The molecule has 0 aromatic heterocycles. The molecule has 0 N–H and O–H groups in total. The summed E-state index contributed by atoms with van der Waals surface area (Å²) in [5.74, 6) is -1.34. The molecule has 6 nitrogen and oxygen atoms in total. The van der Waals surface area contributed by atoms with Gasteiger partial charge in [-0.3, -0.25) is 4.79 Å². The van der Waals surface area contributed by atoms with Crippen LogP contribution in [0.3, 0.4) is 0 Å². The first kappa shape index (κ1) is 21.1. The number of amides is 1. The fraction of sp³-hybridized carbons (Fsp3) is 0.300. The minimum atomic E-state index is -2.99. The summed E-state index contributed by atoms with van der Waals surface area (Å²) in [6.07, 6.45) is 0. The van der Waals surface area contributed by atoms with Crippen LogP contribution in [-0.4, -0.2) is 51.1 Å². The Bertz CT molecular complexity index is 810. The summed E-state index contributed by atoms with van der Waals surface area (Å²) in [7, 11) is 5.48. The molecular weight excluding hydrogens is 370 g/mol. The number of halogens is 2. The Labute approximate surface area is 162 Å². The molecule has 0 aliphatic carbocycles. The van der Waals surface area contributed by atoms with E-state index in [-0.39, 0.29) is 17.2 Å². The molecule has 2 aromatic rings. The predicted octanol–water partition coefficient (Wildman–Crippen LogP) is 3.17. The number of hydrogen-bond acceptors (Lipinski definition) is 5. The number of nitrogens with zero attached hydrogens (tertiary/aromatic N) is 2. The van der Waals surface area contributed by atoms with Crippen LogP contribution in [0.5, 0.6) is 5.75 Å². The van der Waals surface area contributed by atoms with Gasteiger partial charge in [0.2, 0.25) is 0 Å². The van der Waals surface area contributed by atoms with Crippen LogP contribution in [-0.2, 0) is 16.1 Å². The highest BCUT2D eigenvalue weighted by molar-refractivity contribution is 5.91. The third kappa shape index (κ3) is 6.22. The fourth-order valence-corrected chi connectivity index (χ4v) is 2.38. The fourth-order valence-electron chi connectivity index (χ4n) is 2.38. The van der Waals surface area contributed by atoms with Crippen LogP contribution in [0.15, 0.2) is 48.5 Å². The monoisotopic (exact) mass is 392 g/mol. The van der Waals surface area contributed by atoms with Crippen LogP contribution in [0, 0.1) is 0 Å². The Kier molecular flexibility index (Phi) is 7.31. The van der Waals surface area contributed by atoms with Gasteiger partial charge in [-0.25, -0.2) is 4.79 Å². The Balaban J connectivity index is 1.87. The zero-order chi connectivity index (χ0) is 20.7. The molecule has 0 saturated heterocycles. The number of anilines is 1. The molecule has 0 bridgehead atoms. The minimum Gasteiger partial charge on any atom is -0.452 e. The molecule has 2 rings (SSSR count). The quantitative estimate of drug-likeness (QED) is 0.646. The van der Waals surface area contributed by atoms with E-state index in [9.17, 15) is 18.4 Å². The van der Waals surface area contributed by atoms with Crippen molar-refractivity contribution < 1.29 is 27.8 Å². The van der Waals surface area contributed by atoms with Crippen LogP contribution in [0.4, 0.5) is 14.5 Å². The maximum Gasteiger partial charge on any atom is 0.387 e. The predicted molar refractivity (Wildman–Crippen MR) is 101 cm³/mol. The molecule has 0 saturated carbocycles. The second kappa shape index (κ2) is 9.68. The zero-order valence-electron chi connectivity index (χ0n) is 15.9. The average Bonchev–Trinajstić information content (AvgIpc) is 2.65. The first-order valence-electron chi connectivity index (χ1n) is 8.48. The van der Waals surface area contributed by atoms with Gasteiger partial charge in [-0.05, 0) is 35.9 Å². The van der Waals surface area contributed by atoms with E-state index in [2.05, 4.69) is 4.74 Å². The molecular formula is C20H22F2N2O4. The Morgan fingerprint density at radius 3 is 2.32 bits per heavy atom. The van der Waals surface area contributed by atoms with Crippen molar-refractivity contribution in [2.45, 2.75) is 13.2 Å². The van der Waals surface area contributed by atoms with Crippen LogP contribution in [0.25, 0.3) is 0 Å². The summed E-state index contributed by atoms with van der Waals surface area (Å²) in [6, 6.07) is 12.9. The van der Waals surface area contributed by atoms with E-state index in [1.165, 1.54) is 23.1 Å². The van der Waals surface area contributed by atoms with Gasteiger partial charge in [-0.1, -0.05) is 18.2 Å². The van der Waals surface area contributed by atoms with Gasteiger partial charge in [0.15, 0.2) is 6.61 Å². The largest absolute Gasteiger partial charge is 0.452 e.